The molecule has 0 amide bonds. The summed E-state index contributed by atoms with van der Waals surface area (Å²) in [6.45, 7) is 5.14. The van der Waals surface area contributed by atoms with Crippen molar-refractivity contribution < 1.29 is 0 Å². The van der Waals surface area contributed by atoms with Crippen molar-refractivity contribution in [2.24, 2.45) is 0 Å². The van der Waals surface area contributed by atoms with E-state index in [9.17, 15) is 0 Å². The number of rotatable bonds is 5. The summed E-state index contributed by atoms with van der Waals surface area (Å²) < 4.78 is 1.93. The van der Waals surface area contributed by atoms with Crippen LogP contribution in [0, 0.1) is 0 Å². The molecule has 0 aliphatic carbocycles. The number of hydrogen-bond donors (Lipinski definition) is 1. The fourth-order valence-corrected chi connectivity index (χ4v) is 1.87. The molecule has 0 fully saturated rings. The number of hydrogen-bond acceptors (Lipinski definition) is 4. The van der Waals surface area contributed by atoms with Gasteiger partial charge in [-0.1, -0.05) is 19.1 Å². The highest BCUT2D eigenvalue weighted by atomic mass is 32.2. The van der Waals surface area contributed by atoms with Crippen molar-refractivity contribution in [2.75, 3.05) is 17.7 Å². The molecule has 0 spiro atoms. The van der Waals surface area contributed by atoms with Crippen molar-refractivity contribution in [3.63, 3.8) is 0 Å². The maximum atomic E-state index is 5.75. The Balaban J connectivity index is 2.66. The van der Waals surface area contributed by atoms with E-state index in [2.05, 4.69) is 30.4 Å². The van der Waals surface area contributed by atoms with Gasteiger partial charge < -0.3 is 5.73 Å². The highest BCUT2D eigenvalue weighted by Gasteiger charge is 2.12. The zero-order valence-electron chi connectivity index (χ0n) is 9.03. The lowest BCUT2D eigenvalue weighted by molar-refractivity contribution is 0.544. The number of thioether (sulfide) groups is 1. The van der Waals surface area contributed by atoms with Gasteiger partial charge in [0.1, 0.15) is 0 Å². The summed E-state index contributed by atoms with van der Waals surface area (Å²) in [4.78, 5) is 0. The van der Waals surface area contributed by atoms with Crippen LogP contribution < -0.4 is 5.73 Å². The van der Waals surface area contributed by atoms with Gasteiger partial charge in [0.25, 0.3) is 0 Å². The number of nitrogens with zero attached hydrogens (tertiary/aromatic N) is 3. The fraction of sp³-hybridized carbons (Fsp3) is 0.778. The van der Waals surface area contributed by atoms with Crippen molar-refractivity contribution in [1.82, 2.24) is 15.0 Å². The van der Waals surface area contributed by atoms with Crippen LogP contribution in [0.5, 0.6) is 0 Å². The fourth-order valence-electron chi connectivity index (χ4n) is 1.45. The molecule has 0 aliphatic rings. The topological polar surface area (TPSA) is 56.7 Å². The molecular weight excluding hydrogens is 196 g/mol. The summed E-state index contributed by atoms with van der Waals surface area (Å²) in [5, 5.41) is 7.94. The second kappa shape index (κ2) is 5.24. The van der Waals surface area contributed by atoms with Crippen LogP contribution in [0.2, 0.25) is 0 Å². The minimum absolute atomic E-state index is 0.388. The van der Waals surface area contributed by atoms with Gasteiger partial charge in [0.15, 0.2) is 5.82 Å². The predicted octanol–water partition coefficient (Wildman–Crippen LogP) is 1.74. The van der Waals surface area contributed by atoms with E-state index in [1.165, 1.54) is 0 Å². The van der Waals surface area contributed by atoms with Crippen molar-refractivity contribution in [3.8, 4) is 0 Å². The summed E-state index contributed by atoms with van der Waals surface area (Å²) in [7, 11) is 0. The SMILES string of the molecule is CSCCCn1nnc(N)c1C(C)C. The summed E-state index contributed by atoms with van der Waals surface area (Å²) >= 11 is 1.85. The average molecular weight is 214 g/mol. The van der Waals surface area contributed by atoms with E-state index in [1.54, 1.807) is 0 Å². The van der Waals surface area contributed by atoms with E-state index >= 15 is 0 Å². The van der Waals surface area contributed by atoms with Crippen LogP contribution >= 0.6 is 11.8 Å². The summed E-state index contributed by atoms with van der Waals surface area (Å²) in [6.07, 6.45) is 3.22. The molecule has 0 saturated heterocycles. The molecule has 5 heteroatoms. The highest BCUT2D eigenvalue weighted by Crippen LogP contribution is 2.19. The molecule has 4 nitrogen and oxygen atoms in total. The molecule has 1 aromatic heterocycles. The third-order valence-electron chi connectivity index (χ3n) is 2.07. The zero-order valence-corrected chi connectivity index (χ0v) is 9.84. The molecule has 0 saturated carbocycles. The van der Waals surface area contributed by atoms with Gasteiger partial charge in [0, 0.05) is 6.54 Å². The van der Waals surface area contributed by atoms with Gasteiger partial charge in [0.05, 0.1) is 5.69 Å². The molecule has 1 heterocycles. The van der Waals surface area contributed by atoms with E-state index in [4.69, 9.17) is 5.73 Å². The van der Waals surface area contributed by atoms with E-state index in [0.717, 1.165) is 24.4 Å². The Morgan fingerprint density at radius 2 is 2.21 bits per heavy atom. The van der Waals surface area contributed by atoms with Gasteiger partial charge in [-0.25, -0.2) is 4.68 Å². The molecule has 80 valence electrons. The van der Waals surface area contributed by atoms with Gasteiger partial charge in [-0.2, -0.15) is 11.8 Å². The Morgan fingerprint density at radius 3 is 2.79 bits per heavy atom. The first-order valence-corrected chi connectivity index (χ1v) is 6.24. The standard InChI is InChI=1S/C9H18N4S/c1-7(2)8-9(10)11-12-13(8)5-4-6-14-3/h7H,4-6,10H2,1-3H3. The van der Waals surface area contributed by atoms with E-state index in [-0.39, 0.29) is 0 Å². The van der Waals surface area contributed by atoms with Crippen molar-refractivity contribution >= 4 is 17.6 Å². The Labute approximate surface area is 89.2 Å². The quantitative estimate of drug-likeness (QED) is 0.758. The second-order valence-corrected chi connectivity index (χ2v) is 4.57. The normalized spacial score (nSPS) is 11.1. The summed E-state index contributed by atoms with van der Waals surface area (Å²) in [6, 6.07) is 0. The smallest absolute Gasteiger partial charge is 0.169 e. The van der Waals surface area contributed by atoms with Crippen molar-refractivity contribution in [2.45, 2.75) is 32.7 Å². The van der Waals surface area contributed by atoms with Gasteiger partial charge >= 0.3 is 0 Å². The monoisotopic (exact) mass is 214 g/mol. The zero-order chi connectivity index (χ0) is 10.6. The lowest BCUT2D eigenvalue weighted by Crippen LogP contribution is -2.08. The number of nitrogens with two attached hydrogens (primary N) is 1. The molecule has 1 aromatic rings. The van der Waals surface area contributed by atoms with Crippen LogP contribution in [-0.4, -0.2) is 27.0 Å². The molecule has 14 heavy (non-hydrogen) atoms. The van der Waals surface area contributed by atoms with Crippen LogP contribution in [0.25, 0.3) is 0 Å². The Hall–Kier alpha value is -0.710. The van der Waals surface area contributed by atoms with Crippen LogP contribution in [-0.2, 0) is 6.54 Å². The number of aromatic nitrogens is 3. The maximum Gasteiger partial charge on any atom is 0.169 e. The van der Waals surface area contributed by atoms with Gasteiger partial charge in [-0.15, -0.1) is 5.10 Å². The van der Waals surface area contributed by atoms with Crippen LogP contribution in [0.1, 0.15) is 31.9 Å². The predicted molar refractivity (Wildman–Crippen MR) is 61.5 cm³/mol. The number of aryl methyl sites for hydroxylation is 1. The molecule has 0 radical (unpaired) electrons. The minimum atomic E-state index is 0.388. The van der Waals surface area contributed by atoms with Gasteiger partial charge in [-0.05, 0) is 24.3 Å². The molecule has 1 rings (SSSR count). The third kappa shape index (κ3) is 2.64. The Kier molecular flexibility index (Phi) is 4.25. The largest absolute Gasteiger partial charge is 0.381 e. The molecule has 0 aliphatic heterocycles. The lowest BCUT2D eigenvalue weighted by atomic mass is 10.1. The van der Waals surface area contributed by atoms with E-state index < -0.39 is 0 Å². The highest BCUT2D eigenvalue weighted by molar-refractivity contribution is 7.98. The summed E-state index contributed by atoms with van der Waals surface area (Å²) in [5.41, 5.74) is 6.81. The molecule has 0 bridgehead atoms. The second-order valence-electron chi connectivity index (χ2n) is 3.58. The van der Waals surface area contributed by atoms with Crippen molar-refractivity contribution in [1.29, 1.82) is 0 Å². The van der Waals surface area contributed by atoms with Crippen LogP contribution in [0.3, 0.4) is 0 Å². The average Bonchev–Trinajstić information content (AvgIpc) is 2.47. The first-order valence-electron chi connectivity index (χ1n) is 4.84. The molecule has 2 N–H and O–H groups in total. The number of anilines is 1. The van der Waals surface area contributed by atoms with Crippen molar-refractivity contribution in [3.05, 3.63) is 5.69 Å². The molecule has 0 aromatic carbocycles. The third-order valence-corrected chi connectivity index (χ3v) is 2.76. The Morgan fingerprint density at radius 1 is 1.50 bits per heavy atom. The lowest BCUT2D eigenvalue weighted by Gasteiger charge is -2.08. The van der Waals surface area contributed by atoms with Gasteiger partial charge in [0.2, 0.25) is 0 Å². The molecule has 0 atom stereocenters. The first-order chi connectivity index (χ1) is 6.66. The molecular formula is C9H18N4S. The maximum absolute atomic E-state index is 5.75. The first kappa shape index (κ1) is 11.4. The van der Waals surface area contributed by atoms with Gasteiger partial charge in [-0.3, -0.25) is 0 Å². The minimum Gasteiger partial charge on any atom is -0.381 e. The number of nitrogen functional groups attached to an aromatic ring is 1. The van der Waals surface area contributed by atoms with E-state index in [1.807, 2.05) is 16.4 Å². The molecule has 0 unspecified atom stereocenters. The Bertz CT molecular complexity index is 282. The van der Waals surface area contributed by atoms with E-state index in [0.29, 0.717) is 11.7 Å². The van der Waals surface area contributed by atoms with Crippen LogP contribution in [0.4, 0.5) is 5.82 Å². The van der Waals surface area contributed by atoms with Crippen LogP contribution in [0.15, 0.2) is 0 Å². The summed E-state index contributed by atoms with van der Waals surface area (Å²) in [5.74, 6) is 2.11.